The predicted octanol–water partition coefficient (Wildman–Crippen LogP) is 6.08. The fourth-order valence-corrected chi connectivity index (χ4v) is 5.17. The molecule has 2 nitrogen and oxygen atoms in total. The van der Waals surface area contributed by atoms with E-state index in [1.807, 2.05) is 24.3 Å². The van der Waals surface area contributed by atoms with E-state index in [9.17, 15) is 0 Å². The normalized spacial score (nSPS) is 15.5. The van der Waals surface area contributed by atoms with Gasteiger partial charge in [0, 0.05) is 15.4 Å². The van der Waals surface area contributed by atoms with Crippen molar-refractivity contribution in [2.24, 2.45) is 0 Å². The lowest BCUT2D eigenvalue weighted by Crippen LogP contribution is -2.40. The largest absolute Gasteiger partial charge is 0.633 e. The number of hydrogen-bond donors (Lipinski definition) is 0. The number of para-hydroxylation sites is 2. The van der Waals surface area contributed by atoms with Crippen molar-refractivity contribution in [3.8, 4) is 22.6 Å². The number of hydrogen-bond acceptors (Lipinski definition) is 2. The van der Waals surface area contributed by atoms with Gasteiger partial charge in [0.15, 0.2) is 0 Å². The zero-order chi connectivity index (χ0) is 19.8. The van der Waals surface area contributed by atoms with Crippen molar-refractivity contribution in [2.45, 2.75) is 19.3 Å². The van der Waals surface area contributed by atoms with E-state index in [1.54, 1.807) is 0 Å². The van der Waals surface area contributed by atoms with Gasteiger partial charge in [-0.3, -0.25) is 0 Å². The molecule has 0 atom stereocenters. The van der Waals surface area contributed by atoms with E-state index in [1.165, 1.54) is 33.0 Å². The highest BCUT2D eigenvalue weighted by molar-refractivity contribution is 9.10. The zero-order valence-electron chi connectivity index (χ0n) is 16.2. The highest BCUT2D eigenvalue weighted by Gasteiger charge is 2.41. The van der Waals surface area contributed by atoms with Gasteiger partial charge in [0.2, 0.25) is 0 Å². The van der Waals surface area contributed by atoms with E-state index < -0.39 is 7.12 Å². The van der Waals surface area contributed by atoms with Crippen molar-refractivity contribution in [2.75, 3.05) is 0 Å². The molecule has 4 heteroatoms. The van der Waals surface area contributed by atoms with Crippen molar-refractivity contribution in [1.29, 1.82) is 0 Å². The lowest BCUT2D eigenvalue weighted by molar-refractivity contribution is 0.519. The summed E-state index contributed by atoms with van der Waals surface area (Å²) >= 11 is 3.66. The molecule has 29 heavy (non-hydrogen) atoms. The SMILES string of the molecule is CC1(C)c2cc(Br)ccc2-c2c1cc(B1Oc3ccccc3O1)c1ccccc21. The van der Waals surface area contributed by atoms with Gasteiger partial charge >= 0.3 is 7.12 Å². The second kappa shape index (κ2) is 5.90. The Morgan fingerprint density at radius 2 is 1.41 bits per heavy atom. The van der Waals surface area contributed by atoms with Crippen LogP contribution in [0.5, 0.6) is 11.5 Å². The molecule has 0 N–H and O–H groups in total. The smallest absolute Gasteiger partial charge is 0.519 e. The minimum absolute atomic E-state index is 0.0985. The first-order chi connectivity index (χ1) is 14.0. The summed E-state index contributed by atoms with van der Waals surface area (Å²) in [5.74, 6) is 1.60. The molecule has 0 aromatic heterocycles. The quantitative estimate of drug-likeness (QED) is 0.334. The molecular weight excluding hydrogens is 423 g/mol. The minimum atomic E-state index is -0.436. The van der Waals surface area contributed by atoms with Crippen molar-refractivity contribution < 1.29 is 9.31 Å². The average Bonchev–Trinajstić information content (AvgIpc) is 3.25. The van der Waals surface area contributed by atoms with Crippen LogP contribution in [-0.2, 0) is 5.41 Å². The second-order valence-electron chi connectivity index (χ2n) is 8.26. The Hall–Kier alpha value is -2.72. The maximum atomic E-state index is 6.20. The van der Waals surface area contributed by atoms with Crippen molar-refractivity contribution >= 4 is 39.3 Å². The highest BCUT2D eigenvalue weighted by Crippen LogP contribution is 2.51. The Morgan fingerprint density at radius 1 is 0.759 bits per heavy atom. The van der Waals surface area contributed by atoms with Gasteiger partial charge in [0.25, 0.3) is 0 Å². The monoisotopic (exact) mass is 440 g/mol. The minimum Gasteiger partial charge on any atom is -0.519 e. The molecule has 1 aliphatic carbocycles. The third-order valence-electron chi connectivity index (χ3n) is 6.25. The highest BCUT2D eigenvalue weighted by atomic mass is 79.9. The van der Waals surface area contributed by atoms with Crippen LogP contribution in [0, 0.1) is 0 Å². The molecule has 1 aliphatic heterocycles. The van der Waals surface area contributed by atoms with Gasteiger partial charge in [-0.05, 0) is 57.3 Å². The molecular formula is C25H18BBrO2. The first kappa shape index (κ1) is 17.2. The van der Waals surface area contributed by atoms with Crippen LogP contribution >= 0.6 is 15.9 Å². The van der Waals surface area contributed by atoms with Gasteiger partial charge in [-0.15, -0.1) is 0 Å². The van der Waals surface area contributed by atoms with Gasteiger partial charge in [-0.2, -0.15) is 0 Å². The third kappa shape index (κ3) is 2.36. The molecule has 0 bridgehead atoms. The Morgan fingerprint density at radius 3 is 2.14 bits per heavy atom. The summed E-state index contributed by atoms with van der Waals surface area (Å²) in [6.07, 6.45) is 0. The summed E-state index contributed by atoms with van der Waals surface area (Å²) < 4.78 is 13.5. The fraction of sp³-hybridized carbons (Fsp3) is 0.120. The first-order valence-electron chi connectivity index (χ1n) is 9.83. The van der Waals surface area contributed by atoms with Gasteiger partial charge in [-0.25, -0.2) is 0 Å². The zero-order valence-corrected chi connectivity index (χ0v) is 17.8. The predicted molar refractivity (Wildman–Crippen MR) is 122 cm³/mol. The van der Waals surface area contributed by atoms with E-state index in [2.05, 4.69) is 78.3 Å². The summed E-state index contributed by atoms with van der Waals surface area (Å²) in [6.45, 7) is 4.60. The summed E-state index contributed by atoms with van der Waals surface area (Å²) in [5.41, 5.74) is 6.29. The molecule has 4 aromatic rings. The summed E-state index contributed by atoms with van der Waals surface area (Å²) in [7, 11) is -0.436. The molecule has 4 aromatic carbocycles. The van der Waals surface area contributed by atoms with Crippen LogP contribution < -0.4 is 14.8 Å². The molecule has 0 unspecified atom stereocenters. The van der Waals surface area contributed by atoms with Gasteiger partial charge in [-0.1, -0.05) is 78.3 Å². The van der Waals surface area contributed by atoms with Crippen molar-refractivity contribution in [3.05, 3.63) is 88.4 Å². The first-order valence-corrected chi connectivity index (χ1v) is 10.6. The van der Waals surface area contributed by atoms with Crippen LogP contribution in [0.3, 0.4) is 0 Å². The van der Waals surface area contributed by atoms with E-state index in [0.29, 0.717) is 0 Å². The van der Waals surface area contributed by atoms with Crippen LogP contribution in [0.2, 0.25) is 0 Å². The lowest BCUT2D eigenvalue weighted by atomic mass is 9.72. The van der Waals surface area contributed by atoms with E-state index in [4.69, 9.17) is 9.31 Å². The standard InChI is InChI=1S/C25H18BBrO2/c1-25(2)19-13-15(27)11-12-18(19)24-17-8-4-3-7-16(17)21(14-20(24)25)26-28-22-9-5-6-10-23(22)29-26/h3-14H,1-2H3. The Bertz CT molecular complexity index is 1290. The third-order valence-corrected chi connectivity index (χ3v) is 6.74. The lowest BCUT2D eigenvalue weighted by Gasteiger charge is -2.23. The number of benzene rings is 4. The molecule has 0 saturated heterocycles. The van der Waals surface area contributed by atoms with Gasteiger partial charge < -0.3 is 9.31 Å². The number of fused-ring (bicyclic) bond motifs is 6. The molecule has 0 radical (unpaired) electrons. The molecule has 140 valence electrons. The topological polar surface area (TPSA) is 18.5 Å². The Labute approximate surface area is 178 Å². The van der Waals surface area contributed by atoms with Crippen LogP contribution in [-0.4, -0.2) is 7.12 Å². The second-order valence-corrected chi connectivity index (χ2v) is 9.18. The number of rotatable bonds is 1. The van der Waals surface area contributed by atoms with Crippen LogP contribution in [0.25, 0.3) is 21.9 Å². The molecule has 6 rings (SSSR count). The molecule has 0 saturated carbocycles. The molecule has 1 heterocycles. The molecule has 0 amide bonds. The fourth-order valence-electron chi connectivity index (χ4n) is 4.80. The summed E-state index contributed by atoms with van der Waals surface area (Å²) in [4.78, 5) is 0. The van der Waals surface area contributed by atoms with Crippen LogP contribution in [0.15, 0.2) is 77.3 Å². The van der Waals surface area contributed by atoms with E-state index >= 15 is 0 Å². The van der Waals surface area contributed by atoms with Crippen molar-refractivity contribution in [1.82, 2.24) is 0 Å². The molecule has 0 spiro atoms. The Balaban J connectivity index is 1.62. The van der Waals surface area contributed by atoms with Crippen LogP contribution in [0.1, 0.15) is 25.0 Å². The Kier molecular flexibility index (Phi) is 3.49. The van der Waals surface area contributed by atoms with E-state index in [0.717, 1.165) is 21.4 Å². The summed E-state index contributed by atoms with van der Waals surface area (Å²) in [6, 6.07) is 25.4. The van der Waals surface area contributed by atoms with Gasteiger partial charge in [0.05, 0.1) is 0 Å². The van der Waals surface area contributed by atoms with Crippen molar-refractivity contribution in [3.63, 3.8) is 0 Å². The summed E-state index contributed by atoms with van der Waals surface area (Å²) in [5, 5.41) is 2.42. The maximum Gasteiger partial charge on any atom is 0.633 e. The average molecular weight is 441 g/mol. The maximum absolute atomic E-state index is 6.20. The van der Waals surface area contributed by atoms with Gasteiger partial charge in [0.1, 0.15) is 11.5 Å². The number of halogens is 1. The van der Waals surface area contributed by atoms with E-state index in [-0.39, 0.29) is 5.41 Å². The molecule has 0 fully saturated rings. The molecule has 2 aliphatic rings. The van der Waals surface area contributed by atoms with Crippen LogP contribution in [0.4, 0.5) is 0 Å².